The summed E-state index contributed by atoms with van der Waals surface area (Å²) in [5, 5.41) is 11.4. The summed E-state index contributed by atoms with van der Waals surface area (Å²) in [6.45, 7) is 5.51. The molecule has 0 aromatic rings. The van der Waals surface area contributed by atoms with E-state index in [2.05, 4.69) is 10.0 Å². The van der Waals surface area contributed by atoms with E-state index in [0.717, 1.165) is 6.26 Å². The lowest BCUT2D eigenvalue weighted by Gasteiger charge is -2.21. The van der Waals surface area contributed by atoms with Crippen molar-refractivity contribution in [3.8, 4) is 0 Å². The van der Waals surface area contributed by atoms with E-state index in [9.17, 15) is 18.0 Å². The molecule has 0 spiro atoms. The van der Waals surface area contributed by atoms with Crippen LogP contribution < -0.4 is 10.0 Å². The minimum atomic E-state index is -3.54. The van der Waals surface area contributed by atoms with Crippen LogP contribution >= 0.6 is 0 Å². The average Bonchev–Trinajstić information content (AvgIpc) is 2.24. The molecule has 20 heavy (non-hydrogen) atoms. The highest BCUT2D eigenvalue weighted by molar-refractivity contribution is 7.88. The van der Waals surface area contributed by atoms with Gasteiger partial charge in [-0.2, -0.15) is 0 Å². The third-order valence-electron chi connectivity index (χ3n) is 2.57. The normalized spacial score (nSPS) is 14.8. The summed E-state index contributed by atoms with van der Waals surface area (Å²) in [5.41, 5.74) is 0. The molecule has 0 radical (unpaired) electrons. The fraction of sp³-hybridized carbons (Fsp3) is 0.833. The van der Waals surface area contributed by atoms with Crippen LogP contribution in [0.3, 0.4) is 0 Å². The topological polar surface area (TPSA) is 113 Å². The van der Waals surface area contributed by atoms with E-state index in [1.807, 2.05) is 20.8 Å². The maximum absolute atomic E-state index is 12.0. The Morgan fingerprint density at radius 3 is 2.10 bits per heavy atom. The van der Waals surface area contributed by atoms with Crippen molar-refractivity contribution in [1.29, 1.82) is 0 Å². The van der Waals surface area contributed by atoms with Crippen molar-refractivity contribution in [2.75, 3.05) is 6.26 Å². The Balaban J connectivity index is 4.89. The number of rotatable bonds is 9. The number of aliphatic carboxylic acids is 1. The molecule has 118 valence electrons. The highest BCUT2D eigenvalue weighted by Gasteiger charge is 2.27. The molecule has 0 aromatic heterocycles. The summed E-state index contributed by atoms with van der Waals surface area (Å²) >= 11 is 0. The van der Waals surface area contributed by atoms with Gasteiger partial charge in [0.2, 0.25) is 15.9 Å². The van der Waals surface area contributed by atoms with E-state index in [0.29, 0.717) is 19.3 Å². The maximum Gasteiger partial charge on any atom is 0.326 e. The number of sulfonamides is 1. The molecule has 0 saturated heterocycles. The van der Waals surface area contributed by atoms with Gasteiger partial charge < -0.3 is 10.4 Å². The smallest absolute Gasteiger partial charge is 0.326 e. The molecule has 0 aliphatic heterocycles. The van der Waals surface area contributed by atoms with Crippen LogP contribution in [0.5, 0.6) is 0 Å². The molecule has 0 aliphatic rings. The van der Waals surface area contributed by atoms with Crippen LogP contribution in [0, 0.1) is 5.92 Å². The molecular formula is C12H24N2O5S. The van der Waals surface area contributed by atoms with Crippen molar-refractivity contribution in [2.45, 2.75) is 52.1 Å². The molecule has 7 nitrogen and oxygen atoms in total. The Morgan fingerprint density at radius 1 is 1.20 bits per heavy atom. The van der Waals surface area contributed by atoms with E-state index >= 15 is 0 Å². The third kappa shape index (κ3) is 8.11. The Bertz CT molecular complexity index is 433. The lowest BCUT2D eigenvalue weighted by atomic mass is 10.0. The molecule has 0 rings (SSSR count). The van der Waals surface area contributed by atoms with Crippen molar-refractivity contribution in [3.05, 3.63) is 0 Å². The summed E-state index contributed by atoms with van der Waals surface area (Å²) in [4.78, 5) is 23.0. The molecule has 0 heterocycles. The monoisotopic (exact) mass is 308 g/mol. The zero-order valence-corrected chi connectivity index (χ0v) is 13.2. The van der Waals surface area contributed by atoms with Gasteiger partial charge in [0.1, 0.15) is 12.1 Å². The van der Waals surface area contributed by atoms with Gasteiger partial charge in [0, 0.05) is 0 Å². The number of amides is 1. The number of hydrogen-bond donors (Lipinski definition) is 3. The minimum absolute atomic E-state index is 0.0921. The van der Waals surface area contributed by atoms with Crippen LogP contribution in [0.2, 0.25) is 0 Å². The number of nitrogens with one attached hydrogen (secondary N) is 2. The van der Waals surface area contributed by atoms with Gasteiger partial charge in [-0.15, -0.1) is 0 Å². The van der Waals surface area contributed by atoms with Crippen molar-refractivity contribution in [3.63, 3.8) is 0 Å². The Labute approximate surface area is 120 Å². The zero-order chi connectivity index (χ0) is 15.9. The molecule has 1 unspecified atom stereocenters. The Kier molecular flexibility index (Phi) is 7.74. The lowest BCUT2D eigenvalue weighted by Crippen LogP contribution is -2.51. The summed E-state index contributed by atoms with van der Waals surface area (Å²) in [6, 6.07) is -1.95. The van der Waals surface area contributed by atoms with Gasteiger partial charge in [-0.25, -0.2) is 17.9 Å². The standard InChI is InChI=1S/C12H24N2O5S/c1-5-6-9(12(16)17)13-11(15)10(7-8(2)3)14-20(4,18)19/h8-10,14H,5-7H2,1-4H3,(H,13,15)(H,16,17)/t9-,10?/m0/s1. The predicted octanol–water partition coefficient (Wildman–Crippen LogP) is 0.320. The van der Waals surface area contributed by atoms with E-state index < -0.39 is 34.0 Å². The largest absolute Gasteiger partial charge is 0.480 e. The van der Waals surface area contributed by atoms with Crippen LogP contribution in [-0.4, -0.2) is 43.7 Å². The SMILES string of the molecule is CCC[C@H](NC(=O)C(CC(C)C)NS(C)(=O)=O)C(=O)O. The number of carbonyl (C=O) groups is 2. The van der Waals surface area contributed by atoms with Crippen LogP contribution in [-0.2, 0) is 19.6 Å². The third-order valence-corrected chi connectivity index (χ3v) is 3.28. The average molecular weight is 308 g/mol. The van der Waals surface area contributed by atoms with Crippen LogP contribution in [0.25, 0.3) is 0 Å². The summed E-state index contributed by atoms with van der Waals surface area (Å²) in [7, 11) is -3.54. The second-order valence-corrected chi connectivity index (χ2v) is 7.04. The molecule has 2 atom stereocenters. The first kappa shape index (κ1) is 18.9. The van der Waals surface area contributed by atoms with Gasteiger partial charge in [-0.05, 0) is 18.8 Å². The van der Waals surface area contributed by atoms with Gasteiger partial charge in [-0.3, -0.25) is 4.79 Å². The lowest BCUT2D eigenvalue weighted by molar-refractivity contribution is -0.142. The molecule has 0 aliphatic carbocycles. The molecule has 0 bridgehead atoms. The highest BCUT2D eigenvalue weighted by Crippen LogP contribution is 2.07. The van der Waals surface area contributed by atoms with Crippen molar-refractivity contribution in [1.82, 2.24) is 10.0 Å². The van der Waals surface area contributed by atoms with Crippen LogP contribution in [0.15, 0.2) is 0 Å². The van der Waals surface area contributed by atoms with Gasteiger partial charge in [0.15, 0.2) is 0 Å². The number of hydrogen-bond acceptors (Lipinski definition) is 4. The molecule has 3 N–H and O–H groups in total. The first-order valence-electron chi connectivity index (χ1n) is 6.57. The molecule has 0 fully saturated rings. The predicted molar refractivity (Wildman–Crippen MR) is 75.7 cm³/mol. The Morgan fingerprint density at radius 2 is 1.75 bits per heavy atom. The minimum Gasteiger partial charge on any atom is -0.480 e. The highest BCUT2D eigenvalue weighted by atomic mass is 32.2. The van der Waals surface area contributed by atoms with Gasteiger partial charge in [0.25, 0.3) is 0 Å². The fourth-order valence-electron chi connectivity index (χ4n) is 1.76. The molecule has 8 heteroatoms. The summed E-state index contributed by atoms with van der Waals surface area (Å²) < 4.78 is 24.8. The molecular weight excluding hydrogens is 284 g/mol. The molecule has 1 amide bonds. The van der Waals surface area contributed by atoms with Crippen molar-refractivity contribution >= 4 is 21.9 Å². The number of carboxylic acid groups (broad SMARTS) is 1. The summed E-state index contributed by atoms with van der Waals surface area (Å²) in [6.07, 6.45) is 2.17. The summed E-state index contributed by atoms with van der Waals surface area (Å²) in [5.74, 6) is -1.64. The quantitative estimate of drug-likeness (QED) is 0.568. The first-order valence-corrected chi connectivity index (χ1v) is 8.46. The van der Waals surface area contributed by atoms with E-state index in [1.54, 1.807) is 0 Å². The fourth-order valence-corrected chi connectivity index (χ4v) is 2.48. The van der Waals surface area contributed by atoms with Gasteiger partial charge in [0.05, 0.1) is 6.26 Å². The van der Waals surface area contributed by atoms with Crippen LogP contribution in [0.4, 0.5) is 0 Å². The maximum atomic E-state index is 12.0. The van der Waals surface area contributed by atoms with Crippen molar-refractivity contribution in [2.24, 2.45) is 5.92 Å². The van der Waals surface area contributed by atoms with Gasteiger partial charge in [-0.1, -0.05) is 27.2 Å². The van der Waals surface area contributed by atoms with Crippen LogP contribution in [0.1, 0.15) is 40.0 Å². The second-order valence-electron chi connectivity index (χ2n) is 5.26. The molecule has 0 saturated carbocycles. The number of carboxylic acids is 1. The van der Waals surface area contributed by atoms with E-state index in [4.69, 9.17) is 5.11 Å². The number of carbonyl (C=O) groups excluding carboxylic acids is 1. The van der Waals surface area contributed by atoms with Gasteiger partial charge >= 0.3 is 5.97 Å². The molecule has 0 aromatic carbocycles. The van der Waals surface area contributed by atoms with E-state index in [1.165, 1.54) is 0 Å². The second kappa shape index (κ2) is 8.21. The zero-order valence-electron chi connectivity index (χ0n) is 12.3. The van der Waals surface area contributed by atoms with Crippen molar-refractivity contribution < 1.29 is 23.1 Å². The van der Waals surface area contributed by atoms with E-state index in [-0.39, 0.29) is 5.92 Å². The Hall–Kier alpha value is -1.15. The first-order chi connectivity index (χ1) is 9.06.